The highest BCUT2D eigenvalue weighted by molar-refractivity contribution is 7.12. The summed E-state index contributed by atoms with van der Waals surface area (Å²) >= 11 is 1.21. The number of aliphatic hydroxyl groups excluding tert-OH is 1. The zero-order valence-corrected chi connectivity index (χ0v) is 8.67. The number of hydrogen-bond acceptors (Lipinski definition) is 4. The summed E-state index contributed by atoms with van der Waals surface area (Å²) in [6.07, 6.45) is 0. The van der Waals surface area contributed by atoms with Crippen LogP contribution in [0.15, 0.2) is 11.4 Å². The van der Waals surface area contributed by atoms with E-state index in [4.69, 9.17) is 10.2 Å². The van der Waals surface area contributed by atoms with Crippen molar-refractivity contribution in [3.05, 3.63) is 21.9 Å². The van der Waals surface area contributed by atoms with E-state index in [1.807, 2.05) is 6.92 Å². The molecule has 0 saturated carbocycles. The van der Waals surface area contributed by atoms with Crippen molar-refractivity contribution in [2.45, 2.75) is 19.5 Å². The molecule has 3 N–H and O–H groups in total. The lowest BCUT2D eigenvalue weighted by atomic mass is 10.2. The number of carboxylic acids is 1. The SMILES string of the molecule is CC(CO)NCc1ccsc1C(=O)O. The van der Waals surface area contributed by atoms with Gasteiger partial charge in [0.15, 0.2) is 0 Å². The molecule has 0 saturated heterocycles. The quantitative estimate of drug-likeness (QED) is 0.683. The van der Waals surface area contributed by atoms with E-state index in [0.717, 1.165) is 5.56 Å². The van der Waals surface area contributed by atoms with E-state index in [0.29, 0.717) is 11.4 Å². The summed E-state index contributed by atoms with van der Waals surface area (Å²) in [4.78, 5) is 11.1. The zero-order chi connectivity index (χ0) is 10.6. The van der Waals surface area contributed by atoms with Gasteiger partial charge in [-0.05, 0) is 23.9 Å². The normalized spacial score (nSPS) is 12.7. The van der Waals surface area contributed by atoms with Crippen LogP contribution in [0.5, 0.6) is 0 Å². The molecule has 0 radical (unpaired) electrons. The van der Waals surface area contributed by atoms with E-state index >= 15 is 0 Å². The van der Waals surface area contributed by atoms with E-state index in [2.05, 4.69) is 5.32 Å². The average molecular weight is 215 g/mol. The minimum Gasteiger partial charge on any atom is -0.477 e. The molecule has 1 aromatic rings. The van der Waals surface area contributed by atoms with E-state index in [-0.39, 0.29) is 12.6 Å². The molecule has 0 fully saturated rings. The number of carboxylic acid groups (broad SMARTS) is 1. The van der Waals surface area contributed by atoms with Crippen molar-refractivity contribution in [3.8, 4) is 0 Å². The van der Waals surface area contributed by atoms with E-state index in [1.54, 1.807) is 11.4 Å². The third kappa shape index (κ3) is 2.80. The van der Waals surface area contributed by atoms with Gasteiger partial charge in [-0.25, -0.2) is 4.79 Å². The van der Waals surface area contributed by atoms with E-state index < -0.39 is 5.97 Å². The smallest absolute Gasteiger partial charge is 0.346 e. The molecule has 1 rings (SSSR count). The fourth-order valence-corrected chi connectivity index (χ4v) is 1.77. The first-order chi connectivity index (χ1) is 6.65. The van der Waals surface area contributed by atoms with Crippen molar-refractivity contribution in [2.75, 3.05) is 6.61 Å². The maximum atomic E-state index is 10.7. The van der Waals surface area contributed by atoms with Crippen molar-refractivity contribution < 1.29 is 15.0 Å². The fraction of sp³-hybridized carbons (Fsp3) is 0.444. The molecular weight excluding hydrogens is 202 g/mol. The lowest BCUT2D eigenvalue weighted by molar-refractivity contribution is 0.0701. The Morgan fingerprint density at radius 2 is 2.43 bits per heavy atom. The van der Waals surface area contributed by atoms with Crippen molar-refractivity contribution in [1.82, 2.24) is 5.32 Å². The molecule has 0 aliphatic carbocycles. The van der Waals surface area contributed by atoms with Crippen LogP contribution in [0.3, 0.4) is 0 Å². The molecule has 1 unspecified atom stereocenters. The summed E-state index contributed by atoms with van der Waals surface area (Å²) in [7, 11) is 0. The van der Waals surface area contributed by atoms with Gasteiger partial charge in [0.2, 0.25) is 0 Å². The number of thiophene rings is 1. The largest absolute Gasteiger partial charge is 0.477 e. The summed E-state index contributed by atoms with van der Waals surface area (Å²) < 4.78 is 0. The molecule has 78 valence electrons. The summed E-state index contributed by atoms with van der Waals surface area (Å²) in [5, 5.41) is 22.4. The second-order valence-electron chi connectivity index (χ2n) is 3.04. The van der Waals surface area contributed by atoms with Gasteiger partial charge in [0.25, 0.3) is 0 Å². The van der Waals surface area contributed by atoms with Gasteiger partial charge in [-0.1, -0.05) is 0 Å². The van der Waals surface area contributed by atoms with Gasteiger partial charge in [0.1, 0.15) is 4.88 Å². The molecular formula is C9H13NO3S. The highest BCUT2D eigenvalue weighted by Crippen LogP contribution is 2.16. The summed E-state index contributed by atoms with van der Waals surface area (Å²) in [5.41, 5.74) is 0.766. The Morgan fingerprint density at radius 3 is 3.00 bits per heavy atom. The molecule has 0 aliphatic rings. The van der Waals surface area contributed by atoms with Crippen molar-refractivity contribution >= 4 is 17.3 Å². The Balaban J connectivity index is 2.58. The maximum Gasteiger partial charge on any atom is 0.346 e. The minimum absolute atomic E-state index is 0.0171. The number of carbonyl (C=O) groups is 1. The summed E-state index contributed by atoms with van der Waals surface area (Å²) in [6.45, 7) is 2.37. The number of hydrogen-bond donors (Lipinski definition) is 3. The molecule has 4 nitrogen and oxygen atoms in total. The van der Waals surface area contributed by atoms with Crippen LogP contribution < -0.4 is 5.32 Å². The van der Waals surface area contributed by atoms with Crippen molar-refractivity contribution in [2.24, 2.45) is 0 Å². The van der Waals surface area contributed by atoms with Gasteiger partial charge in [-0.3, -0.25) is 0 Å². The number of nitrogens with one attached hydrogen (secondary N) is 1. The molecule has 0 amide bonds. The molecule has 0 bridgehead atoms. The predicted octanol–water partition coefficient (Wildman–Crippen LogP) is 0.917. The first-order valence-electron chi connectivity index (χ1n) is 4.29. The number of aromatic carboxylic acids is 1. The Kier molecular flexibility index (Phi) is 4.06. The summed E-state index contributed by atoms with van der Waals surface area (Å²) in [5.74, 6) is -0.895. The third-order valence-corrected chi connectivity index (χ3v) is 2.80. The van der Waals surface area contributed by atoms with Crippen LogP contribution in [0.1, 0.15) is 22.2 Å². The topological polar surface area (TPSA) is 69.6 Å². The maximum absolute atomic E-state index is 10.7. The Morgan fingerprint density at radius 1 is 1.71 bits per heavy atom. The van der Waals surface area contributed by atoms with Crippen LogP contribution in [0.4, 0.5) is 0 Å². The molecule has 0 aromatic carbocycles. The number of aliphatic hydroxyl groups is 1. The minimum atomic E-state index is -0.895. The van der Waals surface area contributed by atoms with E-state index in [1.165, 1.54) is 11.3 Å². The summed E-state index contributed by atoms with van der Waals surface area (Å²) in [6, 6.07) is 1.77. The molecule has 14 heavy (non-hydrogen) atoms. The molecule has 5 heteroatoms. The molecule has 0 aliphatic heterocycles. The zero-order valence-electron chi connectivity index (χ0n) is 7.86. The highest BCUT2D eigenvalue weighted by Gasteiger charge is 2.11. The Hall–Kier alpha value is -0.910. The van der Waals surface area contributed by atoms with Gasteiger partial charge in [-0.2, -0.15) is 0 Å². The predicted molar refractivity (Wildman–Crippen MR) is 54.7 cm³/mol. The molecule has 0 spiro atoms. The van der Waals surface area contributed by atoms with Crippen LogP contribution in [-0.2, 0) is 6.54 Å². The van der Waals surface area contributed by atoms with Crippen LogP contribution >= 0.6 is 11.3 Å². The first-order valence-corrected chi connectivity index (χ1v) is 5.17. The van der Waals surface area contributed by atoms with Crippen LogP contribution in [0.2, 0.25) is 0 Å². The Bertz CT molecular complexity index is 311. The van der Waals surface area contributed by atoms with Crippen LogP contribution in [-0.4, -0.2) is 28.8 Å². The molecule has 1 aromatic heterocycles. The lowest BCUT2D eigenvalue weighted by Crippen LogP contribution is -2.28. The second kappa shape index (κ2) is 5.09. The lowest BCUT2D eigenvalue weighted by Gasteiger charge is -2.09. The van der Waals surface area contributed by atoms with E-state index in [9.17, 15) is 4.79 Å². The van der Waals surface area contributed by atoms with Gasteiger partial charge in [0, 0.05) is 12.6 Å². The highest BCUT2D eigenvalue weighted by atomic mass is 32.1. The Labute approximate surface area is 86.2 Å². The van der Waals surface area contributed by atoms with Crippen LogP contribution in [0.25, 0.3) is 0 Å². The van der Waals surface area contributed by atoms with Gasteiger partial charge >= 0.3 is 5.97 Å². The fourth-order valence-electron chi connectivity index (χ4n) is 1.01. The third-order valence-electron chi connectivity index (χ3n) is 1.86. The van der Waals surface area contributed by atoms with Gasteiger partial charge < -0.3 is 15.5 Å². The standard InChI is InChI=1S/C9H13NO3S/c1-6(5-11)10-4-7-2-3-14-8(7)9(12)13/h2-3,6,10-11H,4-5H2,1H3,(H,12,13). The van der Waals surface area contributed by atoms with Crippen molar-refractivity contribution in [3.63, 3.8) is 0 Å². The van der Waals surface area contributed by atoms with Crippen molar-refractivity contribution in [1.29, 1.82) is 0 Å². The average Bonchev–Trinajstić information content (AvgIpc) is 2.62. The molecule has 1 atom stereocenters. The monoisotopic (exact) mass is 215 g/mol. The van der Waals surface area contributed by atoms with Crippen LogP contribution in [0, 0.1) is 0 Å². The van der Waals surface area contributed by atoms with Gasteiger partial charge in [0.05, 0.1) is 6.61 Å². The van der Waals surface area contributed by atoms with Gasteiger partial charge in [-0.15, -0.1) is 11.3 Å². The molecule has 1 heterocycles. The first kappa shape index (κ1) is 11.2. The second-order valence-corrected chi connectivity index (χ2v) is 3.96. The number of rotatable bonds is 5.